The Kier molecular flexibility index (Phi) is 3.83. The number of hydrogen-bond donors (Lipinski definition) is 0. The lowest BCUT2D eigenvalue weighted by Crippen LogP contribution is -2.24. The number of hydrogen-bond acceptors (Lipinski definition) is 2. The van der Waals surface area contributed by atoms with E-state index in [1.165, 1.54) is 0 Å². The molecule has 1 aromatic heterocycles. The molecule has 1 atom stereocenters. The molecule has 1 unspecified atom stereocenters. The number of aromatic nitrogens is 1. The van der Waals surface area contributed by atoms with E-state index in [2.05, 4.69) is 20.9 Å². The van der Waals surface area contributed by atoms with Crippen LogP contribution >= 0.6 is 15.9 Å². The molecule has 102 valence electrons. The summed E-state index contributed by atoms with van der Waals surface area (Å²) in [7, 11) is 0. The van der Waals surface area contributed by atoms with Crippen molar-refractivity contribution in [2.45, 2.75) is 6.42 Å². The number of rotatable bonds is 3. The van der Waals surface area contributed by atoms with Gasteiger partial charge in [0.05, 0.1) is 17.6 Å². The lowest BCUT2D eigenvalue weighted by molar-refractivity contribution is -0.117. The van der Waals surface area contributed by atoms with Crippen LogP contribution in [0.5, 0.6) is 0 Å². The van der Waals surface area contributed by atoms with Crippen LogP contribution in [-0.2, 0) is 4.79 Å². The molecule has 3 nitrogen and oxygen atoms in total. The first-order chi connectivity index (χ1) is 9.78. The van der Waals surface area contributed by atoms with Gasteiger partial charge in [-0.25, -0.2) is 0 Å². The van der Waals surface area contributed by atoms with E-state index in [9.17, 15) is 4.79 Å². The fourth-order valence-corrected chi connectivity index (χ4v) is 2.89. The van der Waals surface area contributed by atoms with Gasteiger partial charge in [0.25, 0.3) is 0 Å². The molecule has 1 amide bonds. The van der Waals surface area contributed by atoms with E-state index < -0.39 is 0 Å². The van der Waals surface area contributed by atoms with Crippen molar-refractivity contribution >= 4 is 27.5 Å². The van der Waals surface area contributed by atoms with Crippen molar-refractivity contribution in [2.75, 3.05) is 16.8 Å². The first kappa shape index (κ1) is 13.3. The highest BCUT2D eigenvalue weighted by atomic mass is 79.9. The van der Waals surface area contributed by atoms with Gasteiger partial charge >= 0.3 is 0 Å². The number of carbonyl (C=O) groups excluding carboxylic acids is 1. The van der Waals surface area contributed by atoms with Crippen LogP contribution in [0.25, 0.3) is 11.3 Å². The highest BCUT2D eigenvalue weighted by molar-refractivity contribution is 9.09. The Morgan fingerprint density at radius 3 is 2.60 bits per heavy atom. The zero-order chi connectivity index (χ0) is 13.9. The standard InChI is InChI=1S/C16H15BrN2O/c17-9-12-8-16(20)19(11-12)14-6-7-15(18-10-14)13-4-2-1-3-5-13/h1-7,10,12H,8-9,11H2. The van der Waals surface area contributed by atoms with Crippen LogP contribution in [0.2, 0.25) is 0 Å². The third-order valence-electron chi connectivity index (χ3n) is 3.55. The minimum absolute atomic E-state index is 0.184. The lowest BCUT2D eigenvalue weighted by atomic mass is 10.1. The molecule has 2 aromatic rings. The van der Waals surface area contributed by atoms with Gasteiger partial charge in [0.2, 0.25) is 5.91 Å². The Balaban J connectivity index is 1.82. The zero-order valence-electron chi connectivity index (χ0n) is 11.0. The second-order valence-electron chi connectivity index (χ2n) is 5.00. The van der Waals surface area contributed by atoms with E-state index >= 15 is 0 Å². The van der Waals surface area contributed by atoms with Gasteiger partial charge in [0.1, 0.15) is 0 Å². The van der Waals surface area contributed by atoms with Crippen LogP contribution in [0.1, 0.15) is 6.42 Å². The number of anilines is 1. The molecule has 1 fully saturated rings. The predicted octanol–water partition coefficient (Wildman–Crippen LogP) is 3.50. The maximum atomic E-state index is 12.0. The molecule has 3 rings (SSSR count). The van der Waals surface area contributed by atoms with Gasteiger partial charge in [0, 0.05) is 23.9 Å². The quantitative estimate of drug-likeness (QED) is 0.807. The van der Waals surface area contributed by atoms with E-state index in [1.807, 2.05) is 47.4 Å². The second kappa shape index (κ2) is 5.75. The molecule has 20 heavy (non-hydrogen) atoms. The van der Waals surface area contributed by atoms with Crippen molar-refractivity contribution in [2.24, 2.45) is 5.92 Å². The summed E-state index contributed by atoms with van der Waals surface area (Å²) in [5.41, 5.74) is 2.90. The molecule has 0 bridgehead atoms. The Bertz CT molecular complexity index is 598. The van der Waals surface area contributed by atoms with Gasteiger partial charge < -0.3 is 4.90 Å². The molecule has 1 aromatic carbocycles. The molecule has 0 saturated carbocycles. The van der Waals surface area contributed by atoms with Crippen molar-refractivity contribution in [3.05, 3.63) is 48.7 Å². The van der Waals surface area contributed by atoms with Crippen molar-refractivity contribution in [3.63, 3.8) is 0 Å². The Labute approximate surface area is 126 Å². The molecule has 2 heterocycles. The molecule has 4 heteroatoms. The summed E-state index contributed by atoms with van der Waals surface area (Å²) in [5, 5.41) is 0.866. The van der Waals surface area contributed by atoms with Gasteiger partial charge in [-0.3, -0.25) is 9.78 Å². The third kappa shape index (κ3) is 2.61. The normalized spacial score (nSPS) is 18.6. The van der Waals surface area contributed by atoms with Gasteiger partial charge in [-0.2, -0.15) is 0 Å². The largest absolute Gasteiger partial charge is 0.311 e. The monoisotopic (exact) mass is 330 g/mol. The van der Waals surface area contributed by atoms with Gasteiger partial charge in [-0.1, -0.05) is 46.3 Å². The molecular weight excluding hydrogens is 316 g/mol. The second-order valence-corrected chi connectivity index (χ2v) is 5.64. The van der Waals surface area contributed by atoms with E-state index in [0.717, 1.165) is 28.8 Å². The van der Waals surface area contributed by atoms with E-state index in [4.69, 9.17) is 0 Å². The molecule has 1 aliphatic rings. The molecule has 1 aliphatic heterocycles. The van der Waals surface area contributed by atoms with Gasteiger partial charge in [0.15, 0.2) is 0 Å². The van der Waals surface area contributed by atoms with Crippen LogP contribution in [0.15, 0.2) is 48.7 Å². The smallest absolute Gasteiger partial charge is 0.227 e. The number of halogens is 1. The highest BCUT2D eigenvalue weighted by Gasteiger charge is 2.29. The van der Waals surface area contributed by atoms with Gasteiger partial charge in [-0.05, 0) is 18.1 Å². The third-order valence-corrected chi connectivity index (χ3v) is 4.47. The SMILES string of the molecule is O=C1CC(CBr)CN1c1ccc(-c2ccccc2)nc1. The predicted molar refractivity (Wildman–Crippen MR) is 83.9 cm³/mol. The summed E-state index contributed by atoms with van der Waals surface area (Å²) in [6.07, 6.45) is 2.41. The van der Waals surface area contributed by atoms with Crippen molar-refractivity contribution < 1.29 is 4.79 Å². The summed E-state index contributed by atoms with van der Waals surface area (Å²) in [5.74, 6) is 0.583. The molecule has 0 N–H and O–H groups in total. The fraction of sp³-hybridized carbons (Fsp3) is 0.250. The maximum Gasteiger partial charge on any atom is 0.227 e. The molecule has 0 spiro atoms. The number of amides is 1. The van der Waals surface area contributed by atoms with Crippen LogP contribution in [0.4, 0.5) is 5.69 Å². The first-order valence-electron chi connectivity index (χ1n) is 6.65. The first-order valence-corrected chi connectivity index (χ1v) is 7.78. The zero-order valence-corrected chi connectivity index (χ0v) is 12.6. The molecular formula is C16H15BrN2O. The Morgan fingerprint density at radius 2 is 2.00 bits per heavy atom. The van der Waals surface area contributed by atoms with E-state index in [0.29, 0.717) is 12.3 Å². The van der Waals surface area contributed by atoms with Crippen molar-refractivity contribution in [1.29, 1.82) is 0 Å². The summed E-state index contributed by atoms with van der Waals surface area (Å²) in [6, 6.07) is 14.0. The van der Waals surface area contributed by atoms with Crippen LogP contribution < -0.4 is 4.90 Å². The summed E-state index contributed by atoms with van der Waals surface area (Å²) in [6.45, 7) is 0.774. The molecule has 0 aliphatic carbocycles. The number of nitrogens with zero attached hydrogens (tertiary/aromatic N) is 2. The fourth-order valence-electron chi connectivity index (χ4n) is 2.46. The minimum atomic E-state index is 0.184. The number of carbonyl (C=O) groups is 1. The average molecular weight is 331 g/mol. The van der Waals surface area contributed by atoms with Crippen molar-refractivity contribution in [3.8, 4) is 11.3 Å². The summed E-state index contributed by atoms with van der Waals surface area (Å²) in [4.78, 5) is 18.3. The van der Waals surface area contributed by atoms with Crippen LogP contribution in [0.3, 0.4) is 0 Å². The molecule has 1 saturated heterocycles. The van der Waals surface area contributed by atoms with Crippen molar-refractivity contribution in [1.82, 2.24) is 4.98 Å². The summed E-state index contributed by atoms with van der Waals surface area (Å²) >= 11 is 3.45. The minimum Gasteiger partial charge on any atom is -0.311 e. The number of alkyl halides is 1. The summed E-state index contributed by atoms with van der Waals surface area (Å²) < 4.78 is 0. The number of benzene rings is 1. The highest BCUT2D eigenvalue weighted by Crippen LogP contribution is 2.27. The van der Waals surface area contributed by atoms with Gasteiger partial charge in [-0.15, -0.1) is 0 Å². The maximum absolute atomic E-state index is 12.0. The van der Waals surface area contributed by atoms with E-state index in [-0.39, 0.29) is 5.91 Å². The number of pyridine rings is 1. The van der Waals surface area contributed by atoms with Crippen LogP contribution in [0, 0.1) is 5.92 Å². The van der Waals surface area contributed by atoms with Crippen LogP contribution in [-0.4, -0.2) is 22.8 Å². The Hall–Kier alpha value is -1.68. The topological polar surface area (TPSA) is 33.2 Å². The average Bonchev–Trinajstić information content (AvgIpc) is 2.89. The van der Waals surface area contributed by atoms with E-state index in [1.54, 1.807) is 6.20 Å². The molecule has 0 radical (unpaired) electrons. The lowest BCUT2D eigenvalue weighted by Gasteiger charge is -2.16. The Morgan fingerprint density at radius 1 is 1.20 bits per heavy atom.